The lowest BCUT2D eigenvalue weighted by molar-refractivity contribution is 0.254. The fourth-order valence-corrected chi connectivity index (χ4v) is 4.37. The van der Waals surface area contributed by atoms with Gasteiger partial charge < -0.3 is 5.73 Å². The van der Waals surface area contributed by atoms with E-state index in [0.29, 0.717) is 13.1 Å². The van der Waals surface area contributed by atoms with Crippen LogP contribution in [0.25, 0.3) is 0 Å². The number of rotatable bonds is 2. The molecular formula is C13H16ClN3O2S. The molecule has 0 radical (unpaired) electrons. The van der Waals surface area contributed by atoms with Gasteiger partial charge in [0.05, 0.1) is 15.5 Å². The molecule has 0 amide bonds. The minimum absolute atomic E-state index is 0.0998. The van der Waals surface area contributed by atoms with Crippen molar-refractivity contribution in [3.63, 3.8) is 0 Å². The van der Waals surface area contributed by atoms with Crippen molar-refractivity contribution in [2.24, 2.45) is 11.7 Å². The van der Waals surface area contributed by atoms with Crippen LogP contribution in [0.5, 0.6) is 0 Å². The molecule has 1 fully saturated rings. The van der Waals surface area contributed by atoms with Crippen molar-refractivity contribution in [1.29, 1.82) is 5.26 Å². The van der Waals surface area contributed by atoms with Gasteiger partial charge in [-0.3, -0.25) is 0 Å². The van der Waals surface area contributed by atoms with E-state index < -0.39 is 10.0 Å². The highest BCUT2D eigenvalue weighted by Crippen LogP contribution is 2.26. The van der Waals surface area contributed by atoms with Crippen molar-refractivity contribution in [3.05, 3.63) is 28.8 Å². The fourth-order valence-electron chi connectivity index (χ4n) is 2.44. The van der Waals surface area contributed by atoms with Gasteiger partial charge in [-0.2, -0.15) is 9.57 Å². The predicted molar refractivity (Wildman–Crippen MR) is 76.7 cm³/mol. The van der Waals surface area contributed by atoms with Gasteiger partial charge in [-0.1, -0.05) is 18.5 Å². The Labute approximate surface area is 124 Å². The highest BCUT2D eigenvalue weighted by atomic mass is 35.5. The Morgan fingerprint density at radius 3 is 2.70 bits per heavy atom. The van der Waals surface area contributed by atoms with E-state index in [1.54, 1.807) is 0 Å². The Morgan fingerprint density at radius 2 is 2.15 bits per heavy atom. The van der Waals surface area contributed by atoms with Gasteiger partial charge in [-0.15, -0.1) is 0 Å². The van der Waals surface area contributed by atoms with Crippen molar-refractivity contribution in [2.45, 2.75) is 24.3 Å². The summed E-state index contributed by atoms with van der Waals surface area (Å²) >= 11 is 5.90. The molecule has 1 aromatic rings. The molecule has 0 bridgehead atoms. The van der Waals surface area contributed by atoms with Gasteiger partial charge in [0.25, 0.3) is 0 Å². The molecule has 20 heavy (non-hydrogen) atoms. The molecule has 0 aliphatic carbocycles. The third kappa shape index (κ3) is 2.96. The Balaban J connectivity index is 2.35. The smallest absolute Gasteiger partial charge is 0.243 e. The number of hydrogen-bond donors (Lipinski definition) is 1. The van der Waals surface area contributed by atoms with Crippen LogP contribution in [-0.2, 0) is 10.0 Å². The molecule has 1 aliphatic rings. The monoisotopic (exact) mass is 313 g/mol. The molecular weight excluding hydrogens is 298 g/mol. The number of nitriles is 1. The van der Waals surface area contributed by atoms with E-state index in [-0.39, 0.29) is 27.4 Å². The van der Waals surface area contributed by atoms with Gasteiger partial charge in [0.2, 0.25) is 10.0 Å². The second-order valence-electron chi connectivity index (χ2n) is 5.18. The van der Waals surface area contributed by atoms with Crippen LogP contribution in [0.1, 0.15) is 18.9 Å². The summed E-state index contributed by atoms with van der Waals surface area (Å²) < 4.78 is 26.5. The minimum atomic E-state index is -3.62. The van der Waals surface area contributed by atoms with Crippen LogP contribution in [0.2, 0.25) is 5.02 Å². The quantitative estimate of drug-likeness (QED) is 0.897. The summed E-state index contributed by atoms with van der Waals surface area (Å²) in [6.07, 6.45) is 0.820. The second kappa shape index (κ2) is 5.70. The van der Waals surface area contributed by atoms with Gasteiger partial charge in [-0.05, 0) is 30.5 Å². The summed E-state index contributed by atoms with van der Waals surface area (Å²) in [5.74, 6) is 0.224. The van der Waals surface area contributed by atoms with Crippen LogP contribution < -0.4 is 5.73 Å². The van der Waals surface area contributed by atoms with Crippen molar-refractivity contribution < 1.29 is 8.42 Å². The molecule has 1 heterocycles. The zero-order chi connectivity index (χ0) is 14.9. The summed E-state index contributed by atoms with van der Waals surface area (Å²) in [5, 5.41) is 8.96. The topological polar surface area (TPSA) is 87.2 Å². The van der Waals surface area contributed by atoms with Gasteiger partial charge in [0.1, 0.15) is 6.07 Å². The van der Waals surface area contributed by atoms with Gasteiger partial charge >= 0.3 is 0 Å². The van der Waals surface area contributed by atoms with Gasteiger partial charge in [0, 0.05) is 19.1 Å². The Bertz CT molecular complexity index is 644. The van der Waals surface area contributed by atoms with Crippen molar-refractivity contribution in [1.82, 2.24) is 4.31 Å². The van der Waals surface area contributed by atoms with E-state index in [1.807, 2.05) is 13.0 Å². The number of halogens is 1. The summed E-state index contributed by atoms with van der Waals surface area (Å²) in [5.41, 5.74) is 6.15. The molecule has 2 unspecified atom stereocenters. The number of hydrogen-bond acceptors (Lipinski definition) is 4. The SMILES string of the molecule is CC1CC(N)CN(S(=O)(=O)c2ccc(C#N)c(Cl)c2)C1. The largest absolute Gasteiger partial charge is 0.326 e. The predicted octanol–water partition coefficient (Wildman–Crippen LogP) is 1.57. The Kier molecular flexibility index (Phi) is 4.35. The molecule has 1 aromatic carbocycles. The number of nitrogens with two attached hydrogens (primary N) is 1. The average molecular weight is 314 g/mol. The molecule has 1 saturated heterocycles. The highest BCUT2D eigenvalue weighted by Gasteiger charge is 2.32. The maximum Gasteiger partial charge on any atom is 0.243 e. The zero-order valence-electron chi connectivity index (χ0n) is 11.1. The molecule has 0 aromatic heterocycles. The van der Waals surface area contributed by atoms with E-state index in [0.717, 1.165) is 6.42 Å². The van der Waals surface area contributed by atoms with Crippen LogP contribution in [0.15, 0.2) is 23.1 Å². The van der Waals surface area contributed by atoms with E-state index in [4.69, 9.17) is 22.6 Å². The van der Waals surface area contributed by atoms with Crippen molar-refractivity contribution in [2.75, 3.05) is 13.1 Å². The fraction of sp³-hybridized carbons (Fsp3) is 0.462. The molecule has 2 N–H and O–H groups in total. The lowest BCUT2D eigenvalue weighted by Crippen LogP contribution is -2.48. The normalized spacial score (nSPS) is 24.3. The first-order valence-electron chi connectivity index (χ1n) is 6.30. The van der Waals surface area contributed by atoms with E-state index in [9.17, 15) is 8.42 Å². The van der Waals surface area contributed by atoms with Crippen LogP contribution in [0.3, 0.4) is 0 Å². The van der Waals surface area contributed by atoms with Gasteiger partial charge in [-0.25, -0.2) is 8.42 Å². The minimum Gasteiger partial charge on any atom is -0.326 e. The summed E-state index contributed by atoms with van der Waals surface area (Å²) in [7, 11) is -3.62. The molecule has 2 atom stereocenters. The van der Waals surface area contributed by atoms with E-state index in [2.05, 4.69) is 0 Å². The number of sulfonamides is 1. The standard InChI is InChI=1S/C13H16ClN3O2S/c1-9-4-11(16)8-17(7-9)20(18,19)12-3-2-10(6-15)13(14)5-12/h2-3,5,9,11H,4,7-8,16H2,1H3. The molecule has 5 nitrogen and oxygen atoms in total. The van der Waals surface area contributed by atoms with Crippen LogP contribution >= 0.6 is 11.6 Å². The van der Waals surface area contributed by atoms with Crippen LogP contribution in [0, 0.1) is 17.2 Å². The first kappa shape index (κ1) is 15.3. The first-order chi connectivity index (χ1) is 9.34. The van der Waals surface area contributed by atoms with Crippen molar-refractivity contribution >= 4 is 21.6 Å². The number of piperidine rings is 1. The maximum absolute atomic E-state index is 12.6. The summed E-state index contributed by atoms with van der Waals surface area (Å²) in [4.78, 5) is 0.0998. The van der Waals surface area contributed by atoms with Gasteiger partial charge in [0.15, 0.2) is 0 Å². The lowest BCUT2D eigenvalue weighted by atomic mass is 9.99. The lowest BCUT2D eigenvalue weighted by Gasteiger charge is -2.33. The maximum atomic E-state index is 12.6. The third-order valence-corrected chi connectivity index (χ3v) is 5.50. The van der Waals surface area contributed by atoms with Crippen molar-refractivity contribution in [3.8, 4) is 6.07 Å². The molecule has 0 spiro atoms. The Hall–Kier alpha value is -1.13. The van der Waals surface area contributed by atoms with E-state index in [1.165, 1.54) is 22.5 Å². The Morgan fingerprint density at radius 1 is 1.45 bits per heavy atom. The molecule has 1 aliphatic heterocycles. The number of benzene rings is 1. The van der Waals surface area contributed by atoms with E-state index >= 15 is 0 Å². The molecule has 108 valence electrons. The first-order valence-corrected chi connectivity index (χ1v) is 8.11. The number of nitrogens with zero attached hydrogens (tertiary/aromatic N) is 2. The molecule has 7 heteroatoms. The summed E-state index contributed by atoms with van der Waals surface area (Å²) in [6.45, 7) is 2.74. The molecule has 0 saturated carbocycles. The van der Waals surface area contributed by atoms with Crippen LogP contribution in [-0.4, -0.2) is 31.9 Å². The van der Waals surface area contributed by atoms with Crippen LogP contribution in [0.4, 0.5) is 0 Å². The highest BCUT2D eigenvalue weighted by molar-refractivity contribution is 7.89. The zero-order valence-corrected chi connectivity index (χ0v) is 12.7. The average Bonchev–Trinajstić information content (AvgIpc) is 2.37. The molecule has 2 rings (SSSR count). The third-order valence-electron chi connectivity index (χ3n) is 3.36. The summed E-state index contributed by atoms with van der Waals surface area (Å²) in [6, 6.07) is 5.90. The second-order valence-corrected chi connectivity index (χ2v) is 7.52.